The molecular formula is C13H11BrFNO2S. The van der Waals surface area contributed by atoms with Gasteiger partial charge in [0, 0.05) is 11.0 Å². The second-order valence-corrected chi connectivity index (χ2v) is 6.59. The average Bonchev–Trinajstić information content (AvgIpc) is 2.39. The molecular weight excluding hydrogens is 333 g/mol. The van der Waals surface area contributed by atoms with Crippen molar-refractivity contribution in [1.82, 2.24) is 4.72 Å². The summed E-state index contributed by atoms with van der Waals surface area (Å²) in [6.07, 6.45) is 0. The van der Waals surface area contributed by atoms with Gasteiger partial charge < -0.3 is 0 Å². The Kier molecular flexibility index (Phi) is 4.34. The van der Waals surface area contributed by atoms with E-state index in [-0.39, 0.29) is 11.4 Å². The van der Waals surface area contributed by atoms with Crippen molar-refractivity contribution in [2.45, 2.75) is 11.4 Å². The van der Waals surface area contributed by atoms with Gasteiger partial charge in [-0.05, 0) is 42.0 Å². The molecule has 0 amide bonds. The minimum atomic E-state index is -3.61. The van der Waals surface area contributed by atoms with Crippen LogP contribution >= 0.6 is 15.9 Å². The van der Waals surface area contributed by atoms with Crippen LogP contribution in [0.2, 0.25) is 0 Å². The van der Waals surface area contributed by atoms with Crippen LogP contribution < -0.4 is 4.72 Å². The van der Waals surface area contributed by atoms with Crippen molar-refractivity contribution in [3.8, 4) is 0 Å². The third-order valence-electron chi connectivity index (χ3n) is 2.50. The molecule has 19 heavy (non-hydrogen) atoms. The molecule has 6 heteroatoms. The Morgan fingerprint density at radius 1 is 1.00 bits per heavy atom. The maximum atomic E-state index is 12.7. The van der Waals surface area contributed by atoms with Gasteiger partial charge in [0.1, 0.15) is 5.82 Å². The molecule has 0 unspecified atom stereocenters. The van der Waals surface area contributed by atoms with Gasteiger partial charge in [-0.2, -0.15) is 0 Å². The number of hydrogen-bond donors (Lipinski definition) is 1. The topological polar surface area (TPSA) is 46.2 Å². The van der Waals surface area contributed by atoms with E-state index < -0.39 is 15.8 Å². The van der Waals surface area contributed by atoms with Gasteiger partial charge in [-0.3, -0.25) is 0 Å². The maximum Gasteiger partial charge on any atom is 0.240 e. The summed E-state index contributed by atoms with van der Waals surface area (Å²) in [6, 6.07) is 12.0. The zero-order chi connectivity index (χ0) is 13.9. The fourth-order valence-corrected chi connectivity index (χ4v) is 2.76. The summed E-state index contributed by atoms with van der Waals surface area (Å²) in [5.74, 6) is -0.466. The second-order valence-electron chi connectivity index (χ2n) is 3.90. The van der Waals surface area contributed by atoms with Crippen LogP contribution in [0.25, 0.3) is 0 Å². The summed E-state index contributed by atoms with van der Waals surface area (Å²) in [7, 11) is -3.61. The van der Waals surface area contributed by atoms with Gasteiger partial charge in [0.2, 0.25) is 10.0 Å². The van der Waals surface area contributed by atoms with E-state index in [4.69, 9.17) is 0 Å². The van der Waals surface area contributed by atoms with Crippen LogP contribution in [-0.2, 0) is 16.6 Å². The predicted octanol–water partition coefficient (Wildman–Crippen LogP) is 3.07. The van der Waals surface area contributed by atoms with Crippen molar-refractivity contribution < 1.29 is 12.8 Å². The molecule has 0 bridgehead atoms. The fraction of sp³-hybridized carbons (Fsp3) is 0.0769. The first-order valence-corrected chi connectivity index (χ1v) is 7.75. The summed E-state index contributed by atoms with van der Waals surface area (Å²) in [4.78, 5) is 0.0472. The zero-order valence-corrected chi connectivity index (χ0v) is 12.2. The van der Waals surface area contributed by atoms with Crippen molar-refractivity contribution in [3.63, 3.8) is 0 Å². The summed E-state index contributed by atoms with van der Waals surface area (Å²) in [5.41, 5.74) is 0.842. The average molecular weight is 344 g/mol. The van der Waals surface area contributed by atoms with Gasteiger partial charge in [-0.25, -0.2) is 17.5 Å². The number of sulfonamides is 1. The lowest BCUT2D eigenvalue weighted by Gasteiger charge is -2.07. The maximum absolute atomic E-state index is 12.7. The first-order valence-electron chi connectivity index (χ1n) is 5.47. The molecule has 0 fully saturated rings. The number of rotatable bonds is 4. The third kappa shape index (κ3) is 3.86. The highest BCUT2D eigenvalue weighted by Gasteiger charge is 2.13. The van der Waals surface area contributed by atoms with Gasteiger partial charge >= 0.3 is 0 Å². The molecule has 0 radical (unpaired) electrons. The highest BCUT2D eigenvalue weighted by molar-refractivity contribution is 9.10. The third-order valence-corrected chi connectivity index (χ3v) is 4.45. The molecule has 0 aliphatic heterocycles. The number of hydrogen-bond acceptors (Lipinski definition) is 2. The largest absolute Gasteiger partial charge is 0.240 e. The molecule has 3 nitrogen and oxygen atoms in total. The van der Waals surface area contributed by atoms with Gasteiger partial charge in [-0.15, -0.1) is 0 Å². The predicted molar refractivity (Wildman–Crippen MR) is 74.6 cm³/mol. The lowest BCUT2D eigenvalue weighted by molar-refractivity contribution is 0.580. The van der Waals surface area contributed by atoms with Crippen molar-refractivity contribution >= 4 is 26.0 Å². The Labute approximate surface area is 119 Å². The molecule has 0 aliphatic rings. The molecule has 0 aromatic heterocycles. The van der Waals surface area contributed by atoms with E-state index >= 15 is 0 Å². The molecule has 0 aliphatic carbocycles. The van der Waals surface area contributed by atoms with Crippen molar-refractivity contribution in [1.29, 1.82) is 0 Å². The van der Waals surface area contributed by atoms with Gasteiger partial charge in [-0.1, -0.05) is 28.1 Å². The monoisotopic (exact) mass is 343 g/mol. The molecule has 0 saturated carbocycles. The van der Waals surface area contributed by atoms with Gasteiger partial charge in [0.25, 0.3) is 0 Å². The van der Waals surface area contributed by atoms with Crippen LogP contribution in [0.1, 0.15) is 5.56 Å². The summed E-state index contributed by atoms with van der Waals surface area (Å²) < 4.78 is 40.0. The molecule has 0 spiro atoms. The minimum absolute atomic E-state index is 0.0472. The van der Waals surface area contributed by atoms with Crippen LogP contribution in [0.15, 0.2) is 57.9 Å². The van der Waals surface area contributed by atoms with Crippen LogP contribution in [0, 0.1) is 5.82 Å². The Bertz CT molecular complexity index is 654. The highest BCUT2D eigenvalue weighted by Crippen LogP contribution is 2.13. The van der Waals surface area contributed by atoms with Gasteiger partial charge in [0.05, 0.1) is 4.90 Å². The quantitative estimate of drug-likeness (QED) is 0.927. The molecule has 2 rings (SSSR count). The molecule has 2 aromatic rings. The molecule has 100 valence electrons. The lowest BCUT2D eigenvalue weighted by Crippen LogP contribution is -2.23. The number of halogens is 2. The zero-order valence-electron chi connectivity index (χ0n) is 9.81. The molecule has 0 heterocycles. The van der Waals surface area contributed by atoms with Crippen LogP contribution in [0.4, 0.5) is 4.39 Å². The van der Waals surface area contributed by atoms with E-state index in [1.165, 1.54) is 12.1 Å². The van der Waals surface area contributed by atoms with Crippen molar-refractivity contribution in [2.75, 3.05) is 0 Å². The van der Waals surface area contributed by atoms with Gasteiger partial charge in [0.15, 0.2) is 0 Å². The van der Waals surface area contributed by atoms with Crippen LogP contribution in [0.5, 0.6) is 0 Å². The minimum Gasteiger partial charge on any atom is -0.207 e. The Morgan fingerprint density at radius 3 is 2.16 bits per heavy atom. The second kappa shape index (κ2) is 5.81. The van der Waals surface area contributed by atoms with E-state index in [0.29, 0.717) is 0 Å². The van der Waals surface area contributed by atoms with E-state index in [2.05, 4.69) is 20.7 Å². The smallest absolute Gasteiger partial charge is 0.207 e. The lowest BCUT2D eigenvalue weighted by atomic mass is 10.2. The fourth-order valence-electron chi connectivity index (χ4n) is 1.48. The van der Waals surface area contributed by atoms with E-state index in [1.807, 2.05) is 24.3 Å². The van der Waals surface area contributed by atoms with E-state index in [0.717, 1.165) is 22.2 Å². The molecule has 1 N–H and O–H groups in total. The Morgan fingerprint density at radius 2 is 1.58 bits per heavy atom. The number of benzene rings is 2. The SMILES string of the molecule is O=S(=O)(NCc1ccc(Br)cc1)c1ccc(F)cc1. The Hall–Kier alpha value is -1.24. The summed E-state index contributed by atoms with van der Waals surface area (Å²) in [6.45, 7) is 0.187. The first kappa shape index (κ1) is 14.2. The standard InChI is InChI=1S/C13H11BrFNO2S/c14-11-3-1-10(2-4-11)9-16-19(17,18)13-7-5-12(15)6-8-13/h1-8,16H,9H2. The van der Waals surface area contributed by atoms with Crippen LogP contribution in [0.3, 0.4) is 0 Å². The highest BCUT2D eigenvalue weighted by atomic mass is 79.9. The van der Waals surface area contributed by atoms with Crippen molar-refractivity contribution in [3.05, 3.63) is 64.4 Å². The summed E-state index contributed by atoms with van der Waals surface area (Å²) >= 11 is 3.31. The molecule has 0 saturated heterocycles. The summed E-state index contributed by atoms with van der Waals surface area (Å²) in [5, 5.41) is 0. The number of nitrogens with one attached hydrogen (secondary N) is 1. The van der Waals surface area contributed by atoms with Crippen molar-refractivity contribution in [2.24, 2.45) is 0 Å². The van der Waals surface area contributed by atoms with E-state index in [1.54, 1.807) is 0 Å². The Balaban J connectivity index is 2.09. The van der Waals surface area contributed by atoms with Crippen LogP contribution in [-0.4, -0.2) is 8.42 Å². The molecule has 0 atom stereocenters. The first-order chi connectivity index (χ1) is 8.97. The molecule has 2 aromatic carbocycles. The normalized spacial score (nSPS) is 11.5. The van der Waals surface area contributed by atoms with E-state index in [9.17, 15) is 12.8 Å².